The van der Waals surface area contributed by atoms with Gasteiger partial charge in [0.05, 0.1) is 3.79 Å². The van der Waals surface area contributed by atoms with Crippen LogP contribution in [0.5, 0.6) is 0 Å². The molecule has 0 bridgehead atoms. The van der Waals surface area contributed by atoms with Gasteiger partial charge in [-0.05, 0) is 39.0 Å². The summed E-state index contributed by atoms with van der Waals surface area (Å²) in [6, 6.07) is 5.79. The maximum Gasteiger partial charge on any atom is 0.130 e. The molecule has 0 aliphatic heterocycles. The van der Waals surface area contributed by atoms with Crippen molar-refractivity contribution in [2.45, 2.75) is 6.54 Å². The van der Waals surface area contributed by atoms with E-state index in [1.807, 2.05) is 13.1 Å². The Morgan fingerprint density at radius 1 is 1.50 bits per heavy atom. The minimum atomic E-state index is 0.739. The molecule has 3 nitrogen and oxygen atoms in total. The highest BCUT2D eigenvalue weighted by Gasteiger charge is 2.05. The second-order valence-electron chi connectivity index (χ2n) is 3.56. The lowest BCUT2D eigenvalue weighted by Gasteiger charge is -2.17. The van der Waals surface area contributed by atoms with E-state index in [1.54, 1.807) is 23.6 Å². The van der Waals surface area contributed by atoms with Gasteiger partial charge in [0.1, 0.15) is 5.82 Å². The summed E-state index contributed by atoms with van der Waals surface area (Å²) in [6.07, 6.45) is 1.73. The smallest absolute Gasteiger partial charge is 0.130 e. The predicted octanol–water partition coefficient (Wildman–Crippen LogP) is 3.12. The van der Waals surface area contributed by atoms with E-state index in [0.717, 1.165) is 21.8 Å². The lowest BCUT2D eigenvalue weighted by atomic mass is 10.3. The van der Waals surface area contributed by atoms with Crippen LogP contribution >= 0.6 is 27.3 Å². The van der Waals surface area contributed by atoms with Crippen molar-refractivity contribution in [1.82, 2.24) is 4.98 Å². The molecule has 16 heavy (non-hydrogen) atoms. The molecule has 0 aliphatic rings. The molecule has 2 heterocycles. The van der Waals surface area contributed by atoms with Crippen LogP contribution in [0.1, 0.15) is 5.56 Å². The van der Waals surface area contributed by atoms with Crippen molar-refractivity contribution < 1.29 is 0 Å². The first-order valence-corrected chi connectivity index (χ1v) is 6.48. The Hall–Kier alpha value is -1.07. The van der Waals surface area contributed by atoms with Gasteiger partial charge < -0.3 is 10.6 Å². The van der Waals surface area contributed by atoms with Gasteiger partial charge in [0.25, 0.3) is 0 Å². The first-order valence-electron chi connectivity index (χ1n) is 4.81. The van der Waals surface area contributed by atoms with Crippen LogP contribution in [0.25, 0.3) is 0 Å². The molecule has 0 spiro atoms. The molecule has 0 unspecified atom stereocenters. The molecule has 5 heteroatoms. The Morgan fingerprint density at radius 3 is 2.94 bits per heavy atom. The Bertz CT molecular complexity index is 484. The molecule has 0 amide bonds. The Kier molecular flexibility index (Phi) is 3.46. The number of anilines is 2. The summed E-state index contributed by atoms with van der Waals surface area (Å²) in [4.78, 5) is 6.35. The molecule has 0 fully saturated rings. The third-order valence-corrected chi connectivity index (χ3v) is 3.76. The molecule has 2 rings (SSSR count). The van der Waals surface area contributed by atoms with Gasteiger partial charge in [0.2, 0.25) is 0 Å². The Labute approximate surface area is 107 Å². The largest absolute Gasteiger partial charge is 0.399 e. The number of rotatable bonds is 3. The zero-order valence-corrected chi connectivity index (χ0v) is 11.3. The van der Waals surface area contributed by atoms with E-state index < -0.39 is 0 Å². The third-order valence-electron chi connectivity index (χ3n) is 2.20. The van der Waals surface area contributed by atoms with Crippen molar-refractivity contribution in [3.8, 4) is 0 Å². The molecular weight excluding hydrogens is 286 g/mol. The van der Waals surface area contributed by atoms with Crippen molar-refractivity contribution in [2.75, 3.05) is 17.7 Å². The third kappa shape index (κ3) is 2.74. The summed E-state index contributed by atoms with van der Waals surface area (Å²) < 4.78 is 1.15. The first kappa shape index (κ1) is 11.4. The minimum absolute atomic E-state index is 0.739. The quantitative estimate of drug-likeness (QED) is 0.946. The maximum atomic E-state index is 5.72. The molecule has 84 valence electrons. The fourth-order valence-corrected chi connectivity index (χ4v) is 2.63. The summed E-state index contributed by atoms with van der Waals surface area (Å²) in [5, 5.41) is 2.13. The second-order valence-corrected chi connectivity index (χ2v) is 5.85. The van der Waals surface area contributed by atoms with Gasteiger partial charge in [-0.2, -0.15) is 0 Å². The van der Waals surface area contributed by atoms with Crippen LogP contribution < -0.4 is 10.6 Å². The van der Waals surface area contributed by atoms with Crippen LogP contribution in [0.3, 0.4) is 0 Å². The van der Waals surface area contributed by atoms with Gasteiger partial charge >= 0.3 is 0 Å². The van der Waals surface area contributed by atoms with Crippen molar-refractivity contribution in [3.05, 3.63) is 39.1 Å². The molecule has 2 N–H and O–H groups in total. The highest BCUT2D eigenvalue weighted by molar-refractivity contribution is 9.11. The number of nitrogens with zero attached hydrogens (tertiary/aromatic N) is 2. The summed E-state index contributed by atoms with van der Waals surface area (Å²) in [6.45, 7) is 0.832. The molecular formula is C11H12BrN3S. The fraction of sp³-hybridized carbons (Fsp3) is 0.182. The molecule has 2 aromatic rings. The predicted molar refractivity (Wildman–Crippen MR) is 72.8 cm³/mol. The lowest BCUT2D eigenvalue weighted by Crippen LogP contribution is -2.17. The van der Waals surface area contributed by atoms with Crippen molar-refractivity contribution in [1.29, 1.82) is 0 Å². The van der Waals surface area contributed by atoms with Crippen LogP contribution in [-0.2, 0) is 6.54 Å². The zero-order chi connectivity index (χ0) is 11.5. The van der Waals surface area contributed by atoms with E-state index in [9.17, 15) is 0 Å². The van der Waals surface area contributed by atoms with Gasteiger partial charge in [-0.3, -0.25) is 0 Å². The topological polar surface area (TPSA) is 42.1 Å². The number of aromatic nitrogens is 1. The maximum absolute atomic E-state index is 5.72. The van der Waals surface area contributed by atoms with Gasteiger partial charge in [0, 0.05) is 31.5 Å². The van der Waals surface area contributed by atoms with Crippen LogP contribution in [0.2, 0.25) is 0 Å². The van der Waals surface area contributed by atoms with Gasteiger partial charge in [-0.25, -0.2) is 4.98 Å². The standard InChI is InChI=1S/C11H12BrN3S/c1-15(6-8-4-10(12)16-7-8)11-5-9(13)2-3-14-11/h2-5,7H,6H2,1H3,(H2,13,14). The molecule has 0 aliphatic carbocycles. The summed E-state index contributed by atoms with van der Waals surface area (Å²) in [5.41, 5.74) is 7.73. The van der Waals surface area contributed by atoms with Crippen LogP contribution in [0.15, 0.2) is 33.6 Å². The molecule has 0 radical (unpaired) electrons. The molecule has 2 aromatic heterocycles. The van der Waals surface area contributed by atoms with Crippen molar-refractivity contribution in [3.63, 3.8) is 0 Å². The number of hydrogen-bond acceptors (Lipinski definition) is 4. The van der Waals surface area contributed by atoms with Gasteiger partial charge in [-0.15, -0.1) is 11.3 Å². The lowest BCUT2D eigenvalue weighted by molar-refractivity contribution is 0.902. The normalized spacial score (nSPS) is 10.4. The zero-order valence-electron chi connectivity index (χ0n) is 8.85. The number of hydrogen-bond donors (Lipinski definition) is 1. The number of nitrogen functional groups attached to an aromatic ring is 1. The number of nitrogens with two attached hydrogens (primary N) is 1. The molecule has 0 aromatic carbocycles. The number of thiophene rings is 1. The van der Waals surface area contributed by atoms with Gasteiger partial charge in [0.15, 0.2) is 0 Å². The summed E-state index contributed by atoms with van der Waals surface area (Å²) in [5.74, 6) is 0.891. The Morgan fingerprint density at radius 2 is 2.31 bits per heavy atom. The van der Waals surface area contributed by atoms with Crippen molar-refractivity contribution >= 4 is 38.8 Å². The second kappa shape index (κ2) is 4.84. The average molecular weight is 298 g/mol. The minimum Gasteiger partial charge on any atom is -0.399 e. The van der Waals surface area contributed by atoms with E-state index in [-0.39, 0.29) is 0 Å². The van der Waals surface area contributed by atoms with Gasteiger partial charge in [-0.1, -0.05) is 0 Å². The van der Waals surface area contributed by atoms with Crippen LogP contribution in [0.4, 0.5) is 11.5 Å². The SMILES string of the molecule is CN(Cc1csc(Br)c1)c1cc(N)ccn1. The molecule has 0 saturated carbocycles. The number of pyridine rings is 1. The fourth-order valence-electron chi connectivity index (χ4n) is 1.43. The Balaban J connectivity index is 2.11. The average Bonchev–Trinajstić information content (AvgIpc) is 2.64. The molecule has 0 saturated heterocycles. The first-order chi connectivity index (χ1) is 7.65. The van der Waals surface area contributed by atoms with Crippen LogP contribution in [-0.4, -0.2) is 12.0 Å². The highest BCUT2D eigenvalue weighted by atomic mass is 79.9. The number of halogens is 1. The van der Waals surface area contributed by atoms with Crippen molar-refractivity contribution in [2.24, 2.45) is 0 Å². The van der Waals surface area contributed by atoms with E-state index >= 15 is 0 Å². The van der Waals surface area contributed by atoms with E-state index in [1.165, 1.54) is 5.56 Å². The van der Waals surface area contributed by atoms with E-state index in [2.05, 4.69) is 37.3 Å². The summed E-state index contributed by atoms with van der Waals surface area (Å²) >= 11 is 5.14. The van der Waals surface area contributed by atoms with Crippen LogP contribution in [0, 0.1) is 0 Å². The van der Waals surface area contributed by atoms with E-state index in [4.69, 9.17) is 5.73 Å². The highest BCUT2D eigenvalue weighted by Crippen LogP contribution is 2.23. The summed E-state index contributed by atoms with van der Waals surface area (Å²) in [7, 11) is 2.01. The monoisotopic (exact) mass is 297 g/mol. The van der Waals surface area contributed by atoms with E-state index in [0.29, 0.717) is 0 Å². The molecule has 0 atom stereocenters.